The zero-order valence-corrected chi connectivity index (χ0v) is 13.0. The largest absolute Gasteiger partial charge is 0.350 e. The smallest absolute Gasteiger partial charge is 0.267 e. The molecule has 2 N–H and O–H groups in total. The molecule has 0 aliphatic carbocycles. The molecule has 0 radical (unpaired) electrons. The van der Waals surface area contributed by atoms with E-state index in [1.54, 1.807) is 0 Å². The van der Waals surface area contributed by atoms with Gasteiger partial charge in [0.15, 0.2) is 0 Å². The summed E-state index contributed by atoms with van der Waals surface area (Å²) in [7, 11) is 2.12. The molecule has 4 nitrogen and oxygen atoms in total. The minimum absolute atomic E-state index is 0.00752. The van der Waals surface area contributed by atoms with Crippen LogP contribution in [0.3, 0.4) is 0 Å². The highest BCUT2D eigenvalue weighted by Crippen LogP contribution is 2.20. The number of nitrogens with zero attached hydrogens (tertiary/aromatic N) is 1. The fourth-order valence-corrected chi connectivity index (χ4v) is 3.00. The van der Waals surface area contributed by atoms with Crippen LogP contribution in [0.4, 0.5) is 0 Å². The number of hydrogen-bond acceptors (Lipinski definition) is 2. The number of H-pyrrole nitrogens is 1. The van der Waals surface area contributed by atoms with Gasteiger partial charge in [0.05, 0.1) is 0 Å². The molecule has 0 bridgehead atoms. The van der Waals surface area contributed by atoms with Crippen LogP contribution in [0.15, 0.2) is 28.7 Å². The molecule has 1 aromatic heterocycles. The van der Waals surface area contributed by atoms with Gasteiger partial charge in [-0.1, -0.05) is 22.0 Å². The lowest BCUT2D eigenvalue weighted by molar-refractivity contribution is 0.0912. The van der Waals surface area contributed by atoms with Crippen molar-refractivity contribution in [1.82, 2.24) is 15.2 Å². The van der Waals surface area contributed by atoms with E-state index in [9.17, 15) is 4.79 Å². The Morgan fingerprint density at radius 3 is 2.85 bits per heavy atom. The molecule has 0 atom stereocenters. The second kappa shape index (κ2) is 5.58. The van der Waals surface area contributed by atoms with E-state index in [4.69, 9.17) is 0 Å². The Morgan fingerprint density at radius 1 is 1.35 bits per heavy atom. The van der Waals surface area contributed by atoms with Gasteiger partial charge in [0.1, 0.15) is 5.69 Å². The van der Waals surface area contributed by atoms with Crippen molar-refractivity contribution in [3.05, 3.63) is 34.4 Å². The first-order valence-electron chi connectivity index (χ1n) is 6.89. The molecule has 3 rings (SSSR count). The molecule has 1 saturated heterocycles. The Kier molecular flexibility index (Phi) is 3.81. The minimum atomic E-state index is -0.00752. The zero-order chi connectivity index (χ0) is 14.1. The number of piperidine rings is 1. The van der Waals surface area contributed by atoms with Crippen LogP contribution in [-0.2, 0) is 0 Å². The molecule has 0 spiro atoms. The van der Waals surface area contributed by atoms with Gasteiger partial charge in [-0.05, 0) is 51.2 Å². The number of likely N-dealkylation sites (tertiary alicyclic amines) is 1. The van der Waals surface area contributed by atoms with E-state index >= 15 is 0 Å². The number of rotatable bonds is 2. The first-order chi connectivity index (χ1) is 9.61. The average molecular weight is 336 g/mol. The van der Waals surface area contributed by atoms with Crippen LogP contribution in [-0.4, -0.2) is 42.0 Å². The van der Waals surface area contributed by atoms with Gasteiger partial charge in [-0.25, -0.2) is 0 Å². The quantitative estimate of drug-likeness (QED) is 0.886. The first-order valence-corrected chi connectivity index (χ1v) is 7.69. The normalized spacial score (nSPS) is 17.5. The molecule has 0 unspecified atom stereocenters. The maximum Gasteiger partial charge on any atom is 0.267 e. The molecule has 1 aliphatic rings. The monoisotopic (exact) mass is 335 g/mol. The highest BCUT2D eigenvalue weighted by molar-refractivity contribution is 9.10. The van der Waals surface area contributed by atoms with Crippen molar-refractivity contribution in [3.8, 4) is 0 Å². The van der Waals surface area contributed by atoms with Gasteiger partial charge in [-0.15, -0.1) is 0 Å². The number of nitrogens with one attached hydrogen (secondary N) is 2. The van der Waals surface area contributed by atoms with E-state index in [1.807, 2.05) is 24.3 Å². The van der Waals surface area contributed by atoms with Crippen molar-refractivity contribution in [2.24, 2.45) is 0 Å². The molecule has 2 heterocycles. The number of benzene rings is 1. The van der Waals surface area contributed by atoms with Crippen molar-refractivity contribution < 1.29 is 4.79 Å². The number of fused-ring (bicyclic) bond motifs is 1. The summed E-state index contributed by atoms with van der Waals surface area (Å²) in [5, 5.41) is 4.18. The molecule has 0 saturated carbocycles. The minimum Gasteiger partial charge on any atom is -0.350 e. The first kappa shape index (κ1) is 13.6. The molecule has 1 aromatic carbocycles. The third-order valence-corrected chi connectivity index (χ3v) is 4.38. The predicted molar refractivity (Wildman–Crippen MR) is 84.0 cm³/mol. The summed E-state index contributed by atoms with van der Waals surface area (Å²) in [5.41, 5.74) is 1.62. The highest BCUT2D eigenvalue weighted by Gasteiger charge is 2.19. The highest BCUT2D eigenvalue weighted by atomic mass is 79.9. The van der Waals surface area contributed by atoms with E-state index in [-0.39, 0.29) is 11.9 Å². The summed E-state index contributed by atoms with van der Waals surface area (Å²) in [6, 6.07) is 8.17. The van der Waals surface area contributed by atoms with Gasteiger partial charge in [0.25, 0.3) is 5.91 Å². The number of aromatic amines is 1. The summed E-state index contributed by atoms with van der Waals surface area (Å²) >= 11 is 3.44. The number of halogens is 1. The molecule has 1 aliphatic heterocycles. The van der Waals surface area contributed by atoms with Crippen LogP contribution in [0.5, 0.6) is 0 Å². The third kappa shape index (κ3) is 2.88. The van der Waals surface area contributed by atoms with Crippen molar-refractivity contribution >= 4 is 32.7 Å². The Labute approximate surface area is 126 Å². The molecular weight excluding hydrogens is 318 g/mol. The van der Waals surface area contributed by atoms with Crippen molar-refractivity contribution in [2.75, 3.05) is 20.1 Å². The fourth-order valence-electron chi connectivity index (χ4n) is 2.64. The Hall–Kier alpha value is -1.33. The van der Waals surface area contributed by atoms with Gasteiger partial charge in [0.2, 0.25) is 0 Å². The number of amides is 1. The molecule has 1 fully saturated rings. The van der Waals surface area contributed by atoms with Crippen LogP contribution >= 0.6 is 15.9 Å². The maximum absolute atomic E-state index is 12.3. The van der Waals surface area contributed by atoms with Crippen LogP contribution in [0, 0.1) is 0 Å². The lowest BCUT2D eigenvalue weighted by Crippen LogP contribution is -2.43. The average Bonchev–Trinajstić information content (AvgIpc) is 2.84. The van der Waals surface area contributed by atoms with Gasteiger partial charge in [0, 0.05) is 21.4 Å². The molecule has 106 valence electrons. The zero-order valence-electron chi connectivity index (χ0n) is 11.4. The summed E-state index contributed by atoms with van der Waals surface area (Å²) in [6.07, 6.45) is 2.04. The van der Waals surface area contributed by atoms with E-state index < -0.39 is 0 Å². The van der Waals surface area contributed by atoms with Crippen LogP contribution in [0.2, 0.25) is 0 Å². The van der Waals surface area contributed by atoms with Crippen LogP contribution < -0.4 is 5.32 Å². The number of hydrogen-bond donors (Lipinski definition) is 2. The molecular formula is C15H18BrN3O. The van der Waals surface area contributed by atoms with Gasteiger partial charge < -0.3 is 15.2 Å². The standard InChI is InChI=1S/C15H18BrN3O/c1-19-6-4-12(5-7-19)17-15(20)14-8-10-2-3-11(16)9-13(10)18-14/h2-3,8-9,12,18H,4-7H2,1H3,(H,17,20). The summed E-state index contributed by atoms with van der Waals surface area (Å²) < 4.78 is 1.01. The third-order valence-electron chi connectivity index (χ3n) is 3.88. The second-order valence-electron chi connectivity index (χ2n) is 5.47. The Morgan fingerprint density at radius 2 is 2.10 bits per heavy atom. The summed E-state index contributed by atoms with van der Waals surface area (Å²) in [6.45, 7) is 2.09. The SMILES string of the molecule is CN1CCC(NC(=O)c2cc3ccc(Br)cc3[nH]2)CC1. The summed E-state index contributed by atoms with van der Waals surface area (Å²) in [4.78, 5) is 17.8. The Bertz CT molecular complexity index is 629. The van der Waals surface area contributed by atoms with E-state index in [1.165, 1.54) is 0 Å². The maximum atomic E-state index is 12.3. The van der Waals surface area contributed by atoms with E-state index in [0.29, 0.717) is 5.69 Å². The second-order valence-corrected chi connectivity index (χ2v) is 6.38. The van der Waals surface area contributed by atoms with Gasteiger partial charge >= 0.3 is 0 Å². The van der Waals surface area contributed by atoms with Crippen LogP contribution in [0.25, 0.3) is 10.9 Å². The van der Waals surface area contributed by atoms with E-state index in [2.05, 4.69) is 38.2 Å². The predicted octanol–water partition coefficient (Wildman–Crippen LogP) is 2.75. The molecule has 2 aromatic rings. The summed E-state index contributed by atoms with van der Waals surface area (Å²) in [5.74, 6) is -0.00752. The van der Waals surface area contributed by atoms with Crippen molar-refractivity contribution in [2.45, 2.75) is 18.9 Å². The fraction of sp³-hybridized carbons (Fsp3) is 0.400. The van der Waals surface area contributed by atoms with E-state index in [0.717, 1.165) is 41.3 Å². The topological polar surface area (TPSA) is 48.1 Å². The molecule has 1 amide bonds. The Balaban J connectivity index is 1.72. The van der Waals surface area contributed by atoms with Crippen molar-refractivity contribution in [3.63, 3.8) is 0 Å². The van der Waals surface area contributed by atoms with Gasteiger partial charge in [-0.2, -0.15) is 0 Å². The number of aromatic nitrogens is 1. The lowest BCUT2D eigenvalue weighted by atomic mass is 10.1. The number of carbonyl (C=O) groups excluding carboxylic acids is 1. The molecule has 5 heteroatoms. The van der Waals surface area contributed by atoms with Crippen molar-refractivity contribution in [1.29, 1.82) is 0 Å². The van der Waals surface area contributed by atoms with Crippen LogP contribution in [0.1, 0.15) is 23.3 Å². The molecule has 20 heavy (non-hydrogen) atoms. The van der Waals surface area contributed by atoms with Gasteiger partial charge in [-0.3, -0.25) is 4.79 Å². The lowest BCUT2D eigenvalue weighted by Gasteiger charge is -2.29. The number of carbonyl (C=O) groups is 1.